The summed E-state index contributed by atoms with van der Waals surface area (Å²) in [4.78, 5) is 12.3. The average Bonchev–Trinajstić information content (AvgIpc) is 3.31. The van der Waals surface area contributed by atoms with E-state index in [1.165, 1.54) is 51.8 Å². The van der Waals surface area contributed by atoms with Crippen molar-refractivity contribution in [1.82, 2.24) is 30.6 Å². The molecule has 0 unspecified atom stereocenters. The summed E-state index contributed by atoms with van der Waals surface area (Å²) in [5.41, 5.74) is 3.85. The van der Waals surface area contributed by atoms with Crippen molar-refractivity contribution < 1.29 is 0 Å². The van der Waals surface area contributed by atoms with Gasteiger partial charge in [-0.2, -0.15) is 0 Å². The predicted octanol–water partition coefficient (Wildman–Crippen LogP) is 6.52. The van der Waals surface area contributed by atoms with Crippen molar-refractivity contribution in [1.29, 1.82) is 0 Å². The van der Waals surface area contributed by atoms with Crippen molar-refractivity contribution in [3.05, 3.63) is 59.5 Å². The monoisotopic (exact) mass is 450 g/mol. The number of thiophene rings is 1. The van der Waals surface area contributed by atoms with Gasteiger partial charge in [-0.15, -0.1) is 21.5 Å². The van der Waals surface area contributed by atoms with Crippen molar-refractivity contribution in [3.63, 3.8) is 0 Å². The number of unbranched alkanes of at least 4 members (excludes halogenated alkanes) is 3. The Kier molecular flexibility index (Phi) is 5.11. The SMILES string of the molecule is CCCCCCc1ccc(-c2c3ccccc3cc3cc4cc5nnnnc5nc4nc23)s1. The zero-order chi connectivity index (χ0) is 22.2. The van der Waals surface area contributed by atoms with E-state index in [1.807, 2.05) is 17.4 Å². The molecule has 0 aliphatic rings. The maximum atomic E-state index is 5.03. The molecule has 2 aromatic carbocycles. The number of nitrogens with zero attached hydrogens (tertiary/aromatic N) is 6. The summed E-state index contributed by atoms with van der Waals surface area (Å²) in [5.74, 6) is 0. The van der Waals surface area contributed by atoms with Gasteiger partial charge in [0.25, 0.3) is 0 Å². The molecule has 162 valence electrons. The molecule has 4 aromatic heterocycles. The highest BCUT2D eigenvalue weighted by molar-refractivity contribution is 7.15. The summed E-state index contributed by atoms with van der Waals surface area (Å²) >= 11 is 1.88. The van der Waals surface area contributed by atoms with Crippen LogP contribution in [0.15, 0.2) is 54.6 Å². The molecule has 0 fully saturated rings. The van der Waals surface area contributed by atoms with Crippen LogP contribution >= 0.6 is 11.3 Å². The summed E-state index contributed by atoms with van der Waals surface area (Å²) in [6, 6.07) is 19.3. The van der Waals surface area contributed by atoms with Gasteiger partial charge < -0.3 is 0 Å². The molecule has 0 radical (unpaired) electrons. The zero-order valence-electron chi connectivity index (χ0n) is 18.3. The fourth-order valence-electron chi connectivity index (χ4n) is 4.46. The molecule has 6 rings (SSSR count). The van der Waals surface area contributed by atoms with Crippen molar-refractivity contribution in [3.8, 4) is 10.4 Å². The van der Waals surface area contributed by atoms with Crippen LogP contribution in [0.4, 0.5) is 0 Å². The molecule has 0 N–H and O–H groups in total. The second kappa shape index (κ2) is 8.41. The van der Waals surface area contributed by atoms with E-state index >= 15 is 0 Å². The molecule has 0 amide bonds. The van der Waals surface area contributed by atoms with Crippen molar-refractivity contribution >= 4 is 55.2 Å². The molecule has 0 aliphatic carbocycles. The second-order valence-corrected chi connectivity index (χ2v) is 9.53. The van der Waals surface area contributed by atoms with E-state index in [-0.39, 0.29) is 0 Å². The summed E-state index contributed by atoms with van der Waals surface area (Å²) in [5, 5.41) is 19.8. The number of benzene rings is 2. The zero-order valence-corrected chi connectivity index (χ0v) is 19.1. The lowest BCUT2D eigenvalue weighted by Crippen LogP contribution is -1.97. The van der Waals surface area contributed by atoms with Gasteiger partial charge in [0.2, 0.25) is 5.65 Å². The minimum absolute atomic E-state index is 0.456. The summed E-state index contributed by atoms with van der Waals surface area (Å²) in [6.45, 7) is 2.25. The number of aromatic nitrogens is 6. The maximum absolute atomic E-state index is 5.03. The third-order valence-corrected chi connectivity index (χ3v) is 7.25. The molecule has 4 heterocycles. The van der Waals surface area contributed by atoms with Crippen LogP contribution in [0, 0.1) is 0 Å². The van der Waals surface area contributed by atoms with E-state index in [0.717, 1.165) is 22.7 Å². The average molecular weight is 451 g/mol. The summed E-state index contributed by atoms with van der Waals surface area (Å²) < 4.78 is 0. The van der Waals surface area contributed by atoms with Crippen LogP contribution in [0.5, 0.6) is 0 Å². The van der Waals surface area contributed by atoms with Crippen LogP contribution in [0.2, 0.25) is 0 Å². The molecule has 0 atom stereocenters. The molecule has 0 bridgehead atoms. The minimum atomic E-state index is 0.456. The van der Waals surface area contributed by atoms with Gasteiger partial charge in [-0.1, -0.05) is 50.5 Å². The number of rotatable bonds is 6. The van der Waals surface area contributed by atoms with E-state index in [0.29, 0.717) is 16.8 Å². The van der Waals surface area contributed by atoms with Gasteiger partial charge in [-0.05, 0) is 64.4 Å². The van der Waals surface area contributed by atoms with E-state index in [9.17, 15) is 0 Å². The van der Waals surface area contributed by atoms with E-state index < -0.39 is 0 Å². The highest BCUT2D eigenvalue weighted by Crippen LogP contribution is 2.40. The van der Waals surface area contributed by atoms with Crippen LogP contribution in [0.25, 0.3) is 54.3 Å². The first-order chi connectivity index (χ1) is 16.3. The molecule has 33 heavy (non-hydrogen) atoms. The smallest absolute Gasteiger partial charge is 0.206 e. The quantitative estimate of drug-likeness (QED) is 0.212. The second-order valence-electron chi connectivity index (χ2n) is 8.37. The van der Waals surface area contributed by atoms with Crippen molar-refractivity contribution in [2.24, 2.45) is 0 Å². The molecule has 6 nitrogen and oxygen atoms in total. The highest BCUT2D eigenvalue weighted by atomic mass is 32.1. The van der Waals surface area contributed by atoms with Crippen LogP contribution in [0.3, 0.4) is 0 Å². The molecular weight excluding hydrogens is 428 g/mol. The minimum Gasteiger partial charge on any atom is -0.227 e. The number of pyridine rings is 2. The summed E-state index contributed by atoms with van der Waals surface area (Å²) in [6.07, 6.45) is 6.24. The van der Waals surface area contributed by atoms with Crippen LogP contribution in [-0.2, 0) is 6.42 Å². The van der Waals surface area contributed by atoms with Crippen LogP contribution in [-0.4, -0.2) is 30.6 Å². The Balaban J connectivity index is 1.56. The number of hydrogen-bond acceptors (Lipinski definition) is 7. The predicted molar refractivity (Wildman–Crippen MR) is 134 cm³/mol. The molecule has 0 aliphatic heterocycles. The standard InChI is InChI=1S/C26H22N6S/c1-2-3-4-5-9-19-11-12-22(33-19)23-20-10-7-6-8-16(20)13-17-14-18-15-21-26(30-32-31-29-21)28-25(18)27-24(17)23/h6-8,10-15H,2-5,9H2,1H3. The number of aryl methyl sites for hydroxylation is 1. The Labute approximate surface area is 194 Å². The molecule has 6 aromatic rings. The Hall–Kier alpha value is -3.58. The molecule has 0 saturated carbocycles. The Morgan fingerprint density at radius 3 is 2.58 bits per heavy atom. The fraction of sp³-hybridized carbons (Fsp3) is 0.231. The van der Waals surface area contributed by atoms with Gasteiger partial charge in [0.15, 0.2) is 5.65 Å². The molecule has 7 heteroatoms. The third kappa shape index (κ3) is 3.68. The van der Waals surface area contributed by atoms with E-state index in [4.69, 9.17) is 4.98 Å². The van der Waals surface area contributed by atoms with Gasteiger partial charge in [0, 0.05) is 26.1 Å². The Morgan fingerprint density at radius 2 is 1.64 bits per heavy atom. The lowest BCUT2D eigenvalue weighted by Gasteiger charge is -2.11. The fourth-order valence-corrected chi connectivity index (χ4v) is 5.57. The van der Waals surface area contributed by atoms with Gasteiger partial charge in [-0.3, -0.25) is 0 Å². The van der Waals surface area contributed by atoms with Crippen LogP contribution < -0.4 is 0 Å². The van der Waals surface area contributed by atoms with Crippen LogP contribution in [0.1, 0.15) is 37.5 Å². The topological polar surface area (TPSA) is 77.3 Å². The van der Waals surface area contributed by atoms with Gasteiger partial charge in [0.1, 0.15) is 5.52 Å². The van der Waals surface area contributed by atoms with Gasteiger partial charge in [-0.25, -0.2) is 9.97 Å². The molecule has 0 saturated heterocycles. The summed E-state index contributed by atoms with van der Waals surface area (Å²) in [7, 11) is 0. The third-order valence-electron chi connectivity index (χ3n) is 6.09. The van der Waals surface area contributed by atoms with Gasteiger partial charge in [0.05, 0.1) is 5.52 Å². The normalized spacial score (nSPS) is 11.8. The van der Waals surface area contributed by atoms with Gasteiger partial charge >= 0.3 is 0 Å². The first-order valence-corrected chi connectivity index (χ1v) is 12.2. The van der Waals surface area contributed by atoms with E-state index in [1.54, 1.807) is 0 Å². The molecular formula is C26H22N6S. The first-order valence-electron chi connectivity index (χ1n) is 11.4. The first kappa shape index (κ1) is 20.1. The lowest BCUT2D eigenvalue weighted by molar-refractivity contribution is 0.670. The van der Waals surface area contributed by atoms with E-state index in [2.05, 4.69) is 81.1 Å². The lowest BCUT2D eigenvalue weighted by atomic mass is 9.98. The maximum Gasteiger partial charge on any atom is 0.206 e. The van der Waals surface area contributed by atoms with Crippen molar-refractivity contribution in [2.45, 2.75) is 39.0 Å². The number of hydrogen-bond donors (Lipinski definition) is 0. The number of fused-ring (bicyclic) bond motifs is 4. The van der Waals surface area contributed by atoms with Crippen molar-refractivity contribution in [2.75, 3.05) is 0 Å². The highest BCUT2D eigenvalue weighted by Gasteiger charge is 2.15. The Bertz CT molecular complexity index is 1620. The largest absolute Gasteiger partial charge is 0.227 e. The Morgan fingerprint density at radius 1 is 0.758 bits per heavy atom. The molecule has 0 spiro atoms.